The SMILES string of the molecule is CCOC(=O)c1c(C)nsc1NCC1CCOC1. The minimum Gasteiger partial charge on any atom is -0.462 e. The molecule has 0 amide bonds. The van der Waals surface area contributed by atoms with E-state index in [-0.39, 0.29) is 5.97 Å². The number of carbonyl (C=O) groups excluding carboxylic acids is 1. The van der Waals surface area contributed by atoms with Gasteiger partial charge in [-0.1, -0.05) is 0 Å². The Morgan fingerprint density at radius 2 is 2.50 bits per heavy atom. The summed E-state index contributed by atoms with van der Waals surface area (Å²) in [5.41, 5.74) is 1.30. The molecule has 0 spiro atoms. The van der Waals surface area contributed by atoms with Crippen molar-refractivity contribution < 1.29 is 14.3 Å². The quantitative estimate of drug-likeness (QED) is 0.830. The van der Waals surface area contributed by atoms with Gasteiger partial charge in [-0.2, -0.15) is 4.37 Å². The largest absolute Gasteiger partial charge is 0.462 e. The molecule has 1 aromatic rings. The standard InChI is InChI=1S/C12H18N2O3S/c1-3-17-12(15)10-8(2)14-18-11(10)13-6-9-4-5-16-7-9/h9,13H,3-7H2,1-2H3. The molecule has 0 aromatic carbocycles. The highest BCUT2D eigenvalue weighted by Crippen LogP contribution is 2.26. The van der Waals surface area contributed by atoms with Crippen LogP contribution in [0.15, 0.2) is 0 Å². The van der Waals surface area contributed by atoms with Crippen LogP contribution in [0.4, 0.5) is 5.00 Å². The lowest BCUT2D eigenvalue weighted by atomic mass is 10.1. The van der Waals surface area contributed by atoms with Gasteiger partial charge < -0.3 is 14.8 Å². The summed E-state index contributed by atoms with van der Waals surface area (Å²) in [4.78, 5) is 11.8. The fraction of sp³-hybridized carbons (Fsp3) is 0.667. The molecule has 2 heterocycles. The first-order valence-corrected chi connectivity index (χ1v) is 6.94. The first-order valence-electron chi connectivity index (χ1n) is 6.17. The van der Waals surface area contributed by atoms with Crippen molar-refractivity contribution in [2.75, 3.05) is 31.7 Å². The lowest BCUT2D eigenvalue weighted by molar-refractivity contribution is 0.0527. The number of nitrogens with one attached hydrogen (secondary N) is 1. The highest BCUT2D eigenvalue weighted by Gasteiger charge is 2.21. The molecule has 1 unspecified atom stereocenters. The van der Waals surface area contributed by atoms with Crippen LogP contribution in [0.25, 0.3) is 0 Å². The van der Waals surface area contributed by atoms with Crippen LogP contribution < -0.4 is 5.32 Å². The molecule has 1 fully saturated rings. The van der Waals surface area contributed by atoms with E-state index in [2.05, 4.69) is 9.69 Å². The van der Waals surface area contributed by atoms with Gasteiger partial charge in [-0.15, -0.1) is 0 Å². The third-order valence-electron chi connectivity index (χ3n) is 2.92. The summed E-state index contributed by atoms with van der Waals surface area (Å²) < 4.78 is 14.6. The smallest absolute Gasteiger partial charge is 0.343 e. The van der Waals surface area contributed by atoms with Crippen molar-refractivity contribution in [1.29, 1.82) is 0 Å². The molecule has 1 saturated heterocycles. The molecule has 6 heteroatoms. The number of ether oxygens (including phenoxy) is 2. The minimum absolute atomic E-state index is 0.297. The molecule has 100 valence electrons. The van der Waals surface area contributed by atoms with Gasteiger partial charge in [0, 0.05) is 19.1 Å². The number of aryl methyl sites for hydroxylation is 1. The van der Waals surface area contributed by atoms with E-state index in [0.717, 1.165) is 36.9 Å². The van der Waals surface area contributed by atoms with Crippen LogP contribution in [0, 0.1) is 12.8 Å². The number of anilines is 1. The van der Waals surface area contributed by atoms with Crippen LogP contribution in [0.5, 0.6) is 0 Å². The Kier molecular flexibility index (Phi) is 4.54. The van der Waals surface area contributed by atoms with Crippen LogP contribution >= 0.6 is 11.5 Å². The summed E-state index contributed by atoms with van der Waals surface area (Å²) in [5.74, 6) is 0.219. The Hall–Kier alpha value is -1.14. The summed E-state index contributed by atoms with van der Waals surface area (Å²) in [6, 6.07) is 0. The molecular weight excluding hydrogens is 252 g/mol. The van der Waals surface area contributed by atoms with Crippen molar-refractivity contribution in [3.8, 4) is 0 Å². The van der Waals surface area contributed by atoms with Gasteiger partial charge >= 0.3 is 5.97 Å². The van der Waals surface area contributed by atoms with Crippen LogP contribution in [0.3, 0.4) is 0 Å². The summed E-state index contributed by atoms with van der Waals surface area (Å²) in [6.07, 6.45) is 1.07. The lowest BCUT2D eigenvalue weighted by Gasteiger charge is -2.10. The highest BCUT2D eigenvalue weighted by atomic mass is 32.1. The van der Waals surface area contributed by atoms with Crippen molar-refractivity contribution in [2.24, 2.45) is 5.92 Å². The van der Waals surface area contributed by atoms with E-state index in [0.29, 0.717) is 18.1 Å². The second kappa shape index (κ2) is 6.15. The van der Waals surface area contributed by atoms with Gasteiger partial charge in [0.2, 0.25) is 0 Å². The Bertz CT molecular complexity index is 413. The Labute approximate surface area is 111 Å². The summed E-state index contributed by atoms with van der Waals surface area (Å²) in [5, 5.41) is 4.09. The molecular formula is C12H18N2O3S. The zero-order valence-electron chi connectivity index (χ0n) is 10.7. The summed E-state index contributed by atoms with van der Waals surface area (Å²) >= 11 is 1.31. The van der Waals surface area contributed by atoms with Crippen LogP contribution in [-0.2, 0) is 9.47 Å². The zero-order valence-corrected chi connectivity index (χ0v) is 11.5. The van der Waals surface area contributed by atoms with Gasteiger partial charge in [-0.05, 0) is 31.8 Å². The summed E-state index contributed by atoms with van der Waals surface area (Å²) in [7, 11) is 0. The molecule has 1 aliphatic heterocycles. The molecule has 18 heavy (non-hydrogen) atoms. The molecule has 1 N–H and O–H groups in total. The van der Waals surface area contributed by atoms with Crippen molar-refractivity contribution >= 4 is 22.5 Å². The molecule has 0 bridgehead atoms. The molecule has 0 radical (unpaired) electrons. The number of nitrogens with zero attached hydrogens (tertiary/aromatic N) is 1. The summed E-state index contributed by atoms with van der Waals surface area (Å²) in [6.45, 7) is 6.44. The van der Waals surface area contributed by atoms with Crippen molar-refractivity contribution in [1.82, 2.24) is 4.37 Å². The van der Waals surface area contributed by atoms with E-state index < -0.39 is 0 Å². The Morgan fingerprint density at radius 3 is 3.17 bits per heavy atom. The molecule has 1 aromatic heterocycles. The van der Waals surface area contributed by atoms with E-state index in [1.165, 1.54) is 11.5 Å². The number of carbonyl (C=O) groups is 1. The monoisotopic (exact) mass is 270 g/mol. The average molecular weight is 270 g/mol. The molecule has 2 rings (SSSR count). The minimum atomic E-state index is -0.297. The normalized spacial score (nSPS) is 18.9. The van der Waals surface area contributed by atoms with Gasteiger partial charge in [-0.3, -0.25) is 0 Å². The number of hydrogen-bond acceptors (Lipinski definition) is 6. The van der Waals surface area contributed by atoms with E-state index >= 15 is 0 Å². The second-order valence-corrected chi connectivity index (χ2v) is 5.08. The fourth-order valence-electron chi connectivity index (χ4n) is 1.92. The molecule has 0 aliphatic carbocycles. The average Bonchev–Trinajstić information content (AvgIpc) is 2.96. The first kappa shape index (κ1) is 13.3. The Balaban J connectivity index is 2.01. The van der Waals surface area contributed by atoms with Crippen molar-refractivity contribution in [2.45, 2.75) is 20.3 Å². The predicted molar refractivity (Wildman–Crippen MR) is 70.2 cm³/mol. The van der Waals surface area contributed by atoms with Gasteiger partial charge in [0.15, 0.2) is 0 Å². The lowest BCUT2D eigenvalue weighted by Crippen LogP contribution is -2.16. The number of aromatic nitrogens is 1. The van der Waals surface area contributed by atoms with Gasteiger partial charge in [0.25, 0.3) is 0 Å². The maximum absolute atomic E-state index is 11.8. The van der Waals surface area contributed by atoms with Crippen molar-refractivity contribution in [3.05, 3.63) is 11.3 Å². The van der Waals surface area contributed by atoms with E-state index in [4.69, 9.17) is 9.47 Å². The van der Waals surface area contributed by atoms with Crippen LogP contribution in [-0.4, -0.2) is 36.7 Å². The molecule has 5 nitrogen and oxygen atoms in total. The number of esters is 1. The Morgan fingerprint density at radius 1 is 1.67 bits per heavy atom. The number of hydrogen-bond donors (Lipinski definition) is 1. The fourth-order valence-corrected chi connectivity index (χ4v) is 2.71. The van der Waals surface area contributed by atoms with Gasteiger partial charge in [0.05, 0.1) is 18.9 Å². The third kappa shape index (κ3) is 3.00. The van der Waals surface area contributed by atoms with E-state index in [9.17, 15) is 4.79 Å². The predicted octanol–water partition coefficient (Wildman–Crippen LogP) is 2.08. The zero-order chi connectivity index (χ0) is 13.0. The molecule has 1 aliphatic rings. The van der Waals surface area contributed by atoms with E-state index in [1.54, 1.807) is 6.92 Å². The second-order valence-electron chi connectivity index (χ2n) is 4.30. The van der Waals surface area contributed by atoms with Gasteiger partial charge in [-0.25, -0.2) is 4.79 Å². The third-order valence-corrected chi connectivity index (χ3v) is 3.81. The highest BCUT2D eigenvalue weighted by molar-refractivity contribution is 7.10. The van der Waals surface area contributed by atoms with E-state index in [1.807, 2.05) is 6.92 Å². The first-order chi connectivity index (χ1) is 8.72. The molecule has 0 saturated carbocycles. The maximum atomic E-state index is 11.8. The van der Waals surface area contributed by atoms with Crippen LogP contribution in [0.2, 0.25) is 0 Å². The molecule has 1 atom stereocenters. The van der Waals surface area contributed by atoms with Crippen molar-refractivity contribution in [3.63, 3.8) is 0 Å². The maximum Gasteiger partial charge on any atom is 0.343 e. The topological polar surface area (TPSA) is 60.5 Å². The number of rotatable bonds is 5. The van der Waals surface area contributed by atoms with Crippen LogP contribution in [0.1, 0.15) is 29.4 Å². The van der Waals surface area contributed by atoms with Gasteiger partial charge in [0.1, 0.15) is 10.6 Å².